The van der Waals surface area contributed by atoms with Crippen LogP contribution < -0.4 is 0 Å². The molecule has 2 N–H and O–H groups in total. The van der Waals surface area contributed by atoms with E-state index in [9.17, 15) is 0 Å². The summed E-state index contributed by atoms with van der Waals surface area (Å²) >= 11 is 0. The first-order valence-corrected chi connectivity index (χ1v) is 16.7. The van der Waals surface area contributed by atoms with Crippen LogP contribution in [0.1, 0.15) is 126 Å². The Morgan fingerprint density at radius 1 is 0.386 bits per heavy atom. The van der Waals surface area contributed by atoms with Gasteiger partial charge in [0, 0.05) is 11.0 Å². The van der Waals surface area contributed by atoms with Gasteiger partial charge in [0.15, 0.2) is 0 Å². The van der Waals surface area contributed by atoms with E-state index in [1.165, 1.54) is 44.5 Å². The van der Waals surface area contributed by atoms with E-state index in [-0.39, 0.29) is 0 Å². The van der Waals surface area contributed by atoms with Gasteiger partial charge in [0.1, 0.15) is 0 Å². The van der Waals surface area contributed by atoms with Crippen LogP contribution in [0, 0.1) is 0 Å². The highest BCUT2D eigenvalue weighted by atomic mass is 14.8. The monoisotopic (exact) mass is 588 g/mol. The summed E-state index contributed by atoms with van der Waals surface area (Å²) in [6.45, 7) is 17.8. The summed E-state index contributed by atoms with van der Waals surface area (Å²) in [4.78, 5) is 27.4. The molecule has 0 atom stereocenters. The smallest absolute Gasteiger partial charge is 0.0855 e. The number of H-pyrrole nitrogens is 2. The van der Waals surface area contributed by atoms with Crippen molar-refractivity contribution in [3.05, 3.63) is 81.9 Å². The van der Waals surface area contributed by atoms with Crippen LogP contribution in [-0.2, 0) is 25.7 Å². The molecule has 0 spiro atoms. The second kappa shape index (κ2) is 13.7. The van der Waals surface area contributed by atoms with Crippen LogP contribution in [-0.4, -0.2) is 29.9 Å². The molecular formula is C38H48N6. The van der Waals surface area contributed by atoms with Gasteiger partial charge in [0.2, 0.25) is 0 Å². The predicted octanol–water partition coefficient (Wildman–Crippen LogP) is 9.94. The fraction of sp³-hybridized carbons (Fsp3) is 0.421. The number of aromatic amines is 2. The minimum Gasteiger partial charge on any atom is -0.354 e. The first-order chi connectivity index (χ1) is 21.5. The Labute approximate surface area is 262 Å². The molecule has 230 valence electrons. The SMILES string of the molecule is CCC1=C(CC)c2cc3[nH]c(cncc4[nH]c(cc5nc(cncc1n2)C(CC)=C5CC)c(CC)c4CC)c(CC)c3CC. The number of nitrogens with zero attached hydrogens (tertiary/aromatic N) is 4. The zero-order valence-corrected chi connectivity index (χ0v) is 27.9. The molecule has 5 rings (SSSR count). The lowest BCUT2D eigenvalue weighted by Crippen LogP contribution is -1.87. The van der Waals surface area contributed by atoms with Crippen molar-refractivity contribution in [1.82, 2.24) is 29.9 Å². The third-order valence-corrected chi connectivity index (χ3v) is 9.21. The van der Waals surface area contributed by atoms with Crippen LogP contribution in [0.5, 0.6) is 0 Å². The molecule has 0 radical (unpaired) electrons. The Kier molecular flexibility index (Phi) is 9.77. The largest absolute Gasteiger partial charge is 0.354 e. The zero-order chi connectivity index (χ0) is 31.4. The van der Waals surface area contributed by atoms with Gasteiger partial charge in [-0.2, -0.15) is 0 Å². The van der Waals surface area contributed by atoms with Crippen molar-refractivity contribution >= 4 is 44.4 Å². The molecule has 0 unspecified atom stereocenters. The number of fused-ring (bicyclic) bond motifs is 8. The molecule has 6 heteroatoms. The molecule has 0 fully saturated rings. The van der Waals surface area contributed by atoms with Crippen molar-refractivity contribution in [3.8, 4) is 0 Å². The summed E-state index contributed by atoms with van der Waals surface area (Å²) in [6.07, 6.45) is 15.3. The van der Waals surface area contributed by atoms with E-state index in [1.807, 2.05) is 24.8 Å². The predicted molar refractivity (Wildman–Crippen MR) is 187 cm³/mol. The molecule has 3 aromatic rings. The second-order valence-electron chi connectivity index (χ2n) is 11.4. The van der Waals surface area contributed by atoms with Crippen molar-refractivity contribution < 1.29 is 0 Å². The van der Waals surface area contributed by atoms with Crippen LogP contribution in [0.2, 0.25) is 0 Å². The second-order valence-corrected chi connectivity index (χ2v) is 11.4. The van der Waals surface area contributed by atoms with Crippen molar-refractivity contribution in [2.45, 2.75) is 107 Å². The van der Waals surface area contributed by atoms with Crippen molar-refractivity contribution in [2.75, 3.05) is 0 Å². The molecule has 0 saturated carbocycles. The highest BCUT2D eigenvalue weighted by molar-refractivity contribution is 5.93. The normalized spacial score (nSPS) is 13.1. The van der Waals surface area contributed by atoms with Crippen molar-refractivity contribution in [1.29, 1.82) is 0 Å². The summed E-state index contributed by atoms with van der Waals surface area (Å²) in [7, 11) is 0. The van der Waals surface area contributed by atoms with Crippen LogP contribution in [0.4, 0.5) is 0 Å². The molecule has 2 aliphatic heterocycles. The Morgan fingerprint density at radius 3 is 1.05 bits per heavy atom. The molecule has 0 aromatic carbocycles. The van der Waals surface area contributed by atoms with Crippen LogP contribution in [0.15, 0.2) is 36.9 Å². The van der Waals surface area contributed by atoms with Gasteiger partial charge in [0.05, 0.1) is 58.6 Å². The highest BCUT2D eigenvalue weighted by Gasteiger charge is 2.20. The van der Waals surface area contributed by atoms with E-state index < -0.39 is 0 Å². The maximum atomic E-state index is 5.13. The molecular weight excluding hydrogens is 540 g/mol. The Balaban J connectivity index is 1.92. The highest BCUT2D eigenvalue weighted by Crippen LogP contribution is 2.36. The molecule has 0 amide bonds. The molecule has 44 heavy (non-hydrogen) atoms. The molecule has 6 nitrogen and oxygen atoms in total. The lowest BCUT2D eigenvalue weighted by molar-refractivity contribution is 1.07. The summed E-state index contributed by atoms with van der Waals surface area (Å²) in [5, 5.41) is 0. The third-order valence-electron chi connectivity index (χ3n) is 9.21. The van der Waals surface area contributed by atoms with Gasteiger partial charge in [-0.15, -0.1) is 0 Å². The van der Waals surface area contributed by atoms with E-state index in [0.29, 0.717) is 0 Å². The van der Waals surface area contributed by atoms with E-state index in [0.717, 1.165) is 96.2 Å². The number of rotatable bonds is 8. The van der Waals surface area contributed by atoms with Gasteiger partial charge in [0.25, 0.3) is 0 Å². The maximum Gasteiger partial charge on any atom is 0.0855 e. The Hall–Kier alpha value is -4.06. The van der Waals surface area contributed by atoms with Gasteiger partial charge >= 0.3 is 0 Å². The first kappa shape index (κ1) is 31.4. The van der Waals surface area contributed by atoms with E-state index >= 15 is 0 Å². The summed E-state index contributed by atoms with van der Waals surface area (Å²) in [5.41, 5.74) is 18.8. The topological polar surface area (TPSA) is 83.1 Å². The molecule has 5 heterocycles. The molecule has 8 bridgehead atoms. The van der Waals surface area contributed by atoms with Crippen LogP contribution in [0.3, 0.4) is 0 Å². The van der Waals surface area contributed by atoms with Gasteiger partial charge in [-0.25, -0.2) is 9.97 Å². The molecule has 2 aliphatic rings. The lowest BCUT2D eigenvalue weighted by Gasteiger charge is -2.03. The zero-order valence-electron chi connectivity index (χ0n) is 27.9. The van der Waals surface area contributed by atoms with Crippen LogP contribution in [0.25, 0.3) is 44.4 Å². The van der Waals surface area contributed by atoms with E-state index in [4.69, 9.17) is 19.9 Å². The van der Waals surface area contributed by atoms with Crippen molar-refractivity contribution in [3.63, 3.8) is 0 Å². The number of aromatic nitrogens is 6. The van der Waals surface area contributed by atoms with Gasteiger partial charge in [-0.1, -0.05) is 55.4 Å². The average Bonchev–Trinajstić information content (AvgIpc) is 3.75. The van der Waals surface area contributed by atoms with E-state index in [2.05, 4.69) is 77.5 Å². The van der Waals surface area contributed by atoms with Crippen molar-refractivity contribution in [2.24, 2.45) is 0 Å². The molecule has 3 aromatic heterocycles. The van der Waals surface area contributed by atoms with Gasteiger partial charge < -0.3 is 9.97 Å². The summed E-state index contributed by atoms with van der Waals surface area (Å²) < 4.78 is 0. The number of allylic oxidation sites excluding steroid dienone is 4. The summed E-state index contributed by atoms with van der Waals surface area (Å²) in [5.74, 6) is 0. The van der Waals surface area contributed by atoms with Gasteiger partial charge in [-0.05, 0) is 108 Å². The minimum absolute atomic E-state index is 0.913. The first-order valence-electron chi connectivity index (χ1n) is 16.7. The van der Waals surface area contributed by atoms with Crippen LogP contribution >= 0.6 is 0 Å². The maximum absolute atomic E-state index is 5.13. The number of nitrogens with one attached hydrogen (secondary N) is 2. The molecule has 0 aliphatic carbocycles. The Bertz CT molecular complexity index is 1720. The fourth-order valence-corrected chi connectivity index (χ4v) is 7.14. The minimum atomic E-state index is 0.913. The number of aryl methyl sites for hydroxylation is 4. The lowest BCUT2D eigenvalue weighted by atomic mass is 10.0. The fourth-order valence-electron chi connectivity index (χ4n) is 7.14. The molecule has 0 saturated heterocycles. The standard InChI is InChI=1S/C38H48N6/c1-9-23-27(13-5)35-19-39-20-37-29(15-7)25(11-3)33(43-37)18-34-26(12-4)30(16-8)38(44-34)22-40-21-36-28(14-6)24(10-2)32(42-36)17-31(23)41-35/h17-22,41,43H,9-16H2,1-8H3. The van der Waals surface area contributed by atoms with E-state index in [1.54, 1.807) is 0 Å². The average molecular weight is 589 g/mol. The quantitative estimate of drug-likeness (QED) is 0.274. The van der Waals surface area contributed by atoms with Gasteiger partial charge in [-0.3, -0.25) is 9.97 Å². The number of hydrogen-bond acceptors (Lipinski definition) is 4. The third kappa shape index (κ3) is 5.62. The Morgan fingerprint density at radius 2 is 0.705 bits per heavy atom. The summed E-state index contributed by atoms with van der Waals surface area (Å²) in [6, 6.07) is 4.47. The number of hydrogen-bond donors (Lipinski definition) is 2.